The number of phenolic OH excluding ortho intramolecular Hbond substituents is 1. The van der Waals surface area contributed by atoms with Crippen LogP contribution in [0.3, 0.4) is 0 Å². The van der Waals surface area contributed by atoms with Gasteiger partial charge in [-0.1, -0.05) is 126 Å². The minimum atomic E-state index is -0.246. The molecule has 0 radical (unpaired) electrons. The fourth-order valence-corrected chi connectivity index (χ4v) is 6.37. The zero-order chi connectivity index (χ0) is 30.2. The van der Waals surface area contributed by atoms with Gasteiger partial charge in [0.2, 0.25) is 0 Å². The second-order valence-corrected chi connectivity index (χ2v) is 12.1. The molecule has 2 N–H and O–H groups in total. The van der Waals surface area contributed by atoms with E-state index in [1.165, 1.54) is 33.5 Å². The Hall–Kier alpha value is -4.34. The van der Waals surface area contributed by atoms with E-state index in [2.05, 4.69) is 146 Å². The number of benzene rings is 3. The molecule has 3 nitrogen and oxygen atoms in total. The van der Waals surface area contributed by atoms with Crippen molar-refractivity contribution >= 4 is 11.3 Å². The van der Waals surface area contributed by atoms with Crippen molar-refractivity contribution in [2.75, 3.05) is 18.0 Å². The zero-order valence-corrected chi connectivity index (χ0v) is 25.9. The molecule has 0 saturated carbocycles. The molecule has 5 rings (SSSR count). The van der Waals surface area contributed by atoms with Gasteiger partial charge in [0, 0.05) is 30.2 Å². The maximum absolute atomic E-state index is 10.1. The highest BCUT2D eigenvalue weighted by molar-refractivity contribution is 5.71. The van der Waals surface area contributed by atoms with Gasteiger partial charge in [-0.25, -0.2) is 0 Å². The third kappa shape index (κ3) is 7.55. The molecule has 3 unspecified atom stereocenters. The standard InChI is InChI=1S/C40H44N2O/c1-5-6-7-10-15-31(3)28-42-29-40(4,27-34-18-13-9-14-19-36(34)32-16-11-8-12-17-32)41-39(33-21-23-35(43)24-22-33)37-26-30(2)20-25-38(37)42/h5-26,34,39,41,43H,27-29H2,1-4H3/b6-5-,10-7-,31-15+. The van der Waals surface area contributed by atoms with Crippen molar-refractivity contribution in [2.45, 2.75) is 45.7 Å². The first-order chi connectivity index (χ1) is 20.8. The second-order valence-electron chi connectivity index (χ2n) is 12.1. The molecule has 3 heteroatoms. The van der Waals surface area contributed by atoms with Gasteiger partial charge in [-0.2, -0.15) is 0 Å². The molecule has 3 aromatic rings. The predicted octanol–water partition coefficient (Wildman–Crippen LogP) is 9.25. The van der Waals surface area contributed by atoms with Crippen molar-refractivity contribution in [1.82, 2.24) is 5.32 Å². The van der Waals surface area contributed by atoms with Gasteiger partial charge in [-0.15, -0.1) is 0 Å². The summed E-state index contributed by atoms with van der Waals surface area (Å²) in [7, 11) is 0. The van der Waals surface area contributed by atoms with Crippen LogP contribution in [0.15, 0.2) is 139 Å². The van der Waals surface area contributed by atoms with Gasteiger partial charge in [-0.05, 0) is 74.6 Å². The Labute approximate surface area is 258 Å². The van der Waals surface area contributed by atoms with Gasteiger partial charge in [0.1, 0.15) is 5.75 Å². The van der Waals surface area contributed by atoms with E-state index in [1.54, 1.807) is 12.1 Å². The Balaban J connectivity index is 1.58. The number of allylic oxidation sites excluding steroid dienone is 11. The van der Waals surface area contributed by atoms with Crippen LogP contribution in [0.25, 0.3) is 5.57 Å². The summed E-state index contributed by atoms with van der Waals surface area (Å²) in [5.74, 6) is 0.521. The van der Waals surface area contributed by atoms with E-state index in [-0.39, 0.29) is 23.2 Å². The Morgan fingerprint density at radius 2 is 1.77 bits per heavy atom. The number of aryl methyl sites for hydroxylation is 1. The van der Waals surface area contributed by atoms with Crippen LogP contribution in [0.5, 0.6) is 5.75 Å². The molecule has 0 saturated heterocycles. The lowest BCUT2D eigenvalue weighted by atomic mass is 9.81. The molecule has 0 fully saturated rings. The minimum Gasteiger partial charge on any atom is -0.508 e. The summed E-state index contributed by atoms with van der Waals surface area (Å²) in [6.45, 7) is 10.5. The molecule has 1 heterocycles. The summed E-state index contributed by atoms with van der Waals surface area (Å²) in [5.41, 5.74) is 8.57. The third-order valence-corrected chi connectivity index (χ3v) is 8.35. The first kappa shape index (κ1) is 30.1. The molecular formula is C40H44N2O. The largest absolute Gasteiger partial charge is 0.508 e. The number of hydrogen-bond donors (Lipinski definition) is 2. The lowest BCUT2D eigenvalue weighted by molar-refractivity contribution is 0.304. The molecule has 2 aliphatic rings. The van der Waals surface area contributed by atoms with Crippen molar-refractivity contribution < 1.29 is 5.11 Å². The molecule has 0 bridgehead atoms. The summed E-state index contributed by atoms with van der Waals surface area (Å²) in [6.07, 6.45) is 22.6. The Kier molecular flexibility index (Phi) is 9.64. The molecule has 0 amide bonds. The first-order valence-electron chi connectivity index (χ1n) is 15.3. The molecule has 1 aliphatic heterocycles. The monoisotopic (exact) mass is 568 g/mol. The zero-order valence-electron chi connectivity index (χ0n) is 25.9. The third-order valence-electron chi connectivity index (χ3n) is 8.35. The van der Waals surface area contributed by atoms with E-state index in [4.69, 9.17) is 0 Å². The summed E-state index contributed by atoms with van der Waals surface area (Å²) >= 11 is 0. The van der Waals surface area contributed by atoms with Crippen LogP contribution >= 0.6 is 0 Å². The van der Waals surface area contributed by atoms with E-state index in [0.717, 1.165) is 25.1 Å². The number of aromatic hydroxyl groups is 1. The van der Waals surface area contributed by atoms with Gasteiger partial charge >= 0.3 is 0 Å². The van der Waals surface area contributed by atoms with Gasteiger partial charge in [0.25, 0.3) is 0 Å². The van der Waals surface area contributed by atoms with Crippen LogP contribution < -0.4 is 10.2 Å². The van der Waals surface area contributed by atoms with Crippen LogP contribution in [0.1, 0.15) is 55.5 Å². The van der Waals surface area contributed by atoms with E-state index in [9.17, 15) is 5.11 Å². The summed E-state index contributed by atoms with van der Waals surface area (Å²) < 4.78 is 0. The molecule has 220 valence electrons. The lowest BCUT2D eigenvalue weighted by Gasteiger charge is -2.39. The van der Waals surface area contributed by atoms with Crippen molar-refractivity contribution in [2.24, 2.45) is 5.92 Å². The van der Waals surface area contributed by atoms with E-state index in [1.807, 2.05) is 13.0 Å². The van der Waals surface area contributed by atoms with E-state index in [0.29, 0.717) is 0 Å². The van der Waals surface area contributed by atoms with Crippen LogP contribution in [0.4, 0.5) is 5.69 Å². The molecular weight excluding hydrogens is 524 g/mol. The summed E-state index contributed by atoms with van der Waals surface area (Å²) in [6, 6.07) is 25.3. The van der Waals surface area contributed by atoms with Crippen molar-refractivity contribution in [3.8, 4) is 5.75 Å². The fraction of sp³-hybridized carbons (Fsp3) is 0.250. The van der Waals surface area contributed by atoms with E-state index >= 15 is 0 Å². The highest BCUT2D eigenvalue weighted by Gasteiger charge is 2.38. The quantitative estimate of drug-likeness (QED) is 0.266. The number of fused-ring (bicyclic) bond motifs is 1. The predicted molar refractivity (Wildman–Crippen MR) is 183 cm³/mol. The van der Waals surface area contributed by atoms with Crippen LogP contribution in [0.2, 0.25) is 0 Å². The number of anilines is 1. The Morgan fingerprint density at radius 3 is 2.53 bits per heavy atom. The molecule has 0 aromatic heterocycles. The average Bonchev–Trinajstić information content (AvgIpc) is 3.29. The van der Waals surface area contributed by atoms with Crippen molar-refractivity contribution in [3.05, 3.63) is 161 Å². The minimum absolute atomic E-state index is 0.0265. The number of nitrogens with zero attached hydrogens (tertiary/aromatic N) is 1. The maximum atomic E-state index is 10.1. The van der Waals surface area contributed by atoms with Gasteiger partial charge in [0.15, 0.2) is 0 Å². The van der Waals surface area contributed by atoms with Gasteiger partial charge in [-0.3, -0.25) is 5.32 Å². The van der Waals surface area contributed by atoms with Crippen LogP contribution in [0, 0.1) is 12.8 Å². The molecule has 3 aromatic carbocycles. The van der Waals surface area contributed by atoms with Crippen molar-refractivity contribution in [1.29, 1.82) is 0 Å². The number of nitrogens with one attached hydrogen (secondary N) is 1. The Bertz CT molecular complexity index is 1570. The number of hydrogen-bond acceptors (Lipinski definition) is 3. The molecule has 3 atom stereocenters. The lowest BCUT2D eigenvalue weighted by Crippen LogP contribution is -2.52. The highest BCUT2D eigenvalue weighted by atomic mass is 16.3. The maximum Gasteiger partial charge on any atom is 0.115 e. The van der Waals surface area contributed by atoms with Gasteiger partial charge < -0.3 is 10.0 Å². The summed E-state index contributed by atoms with van der Waals surface area (Å²) in [5, 5.41) is 14.3. The SMILES string of the molecule is C\C=C/C=C\C=C(/C)CN1CC(C)(CC2C=CC=CC=C2c2ccccc2)NC(c2ccc(O)cc2)c2cc(C)ccc21. The fourth-order valence-electron chi connectivity index (χ4n) is 6.37. The van der Waals surface area contributed by atoms with E-state index < -0.39 is 0 Å². The topological polar surface area (TPSA) is 35.5 Å². The normalized spacial score (nSPS) is 22.5. The first-order valence-corrected chi connectivity index (χ1v) is 15.3. The van der Waals surface area contributed by atoms with Gasteiger partial charge in [0.05, 0.1) is 6.04 Å². The number of rotatable bonds is 8. The molecule has 0 spiro atoms. The highest BCUT2D eigenvalue weighted by Crippen LogP contribution is 2.41. The smallest absolute Gasteiger partial charge is 0.115 e. The van der Waals surface area contributed by atoms with Crippen LogP contribution in [-0.4, -0.2) is 23.7 Å². The molecule has 43 heavy (non-hydrogen) atoms. The van der Waals surface area contributed by atoms with Crippen molar-refractivity contribution in [3.63, 3.8) is 0 Å². The second kappa shape index (κ2) is 13.8. The Morgan fingerprint density at radius 1 is 0.977 bits per heavy atom. The summed E-state index contributed by atoms with van der Waals surface area (Å²) in [4.78, 5) is 2.56. The number of phenols is 1. The van der Waals surface area contributed by atoms with Crippen LogP contribution in [-0.2, 0) is 0 Å². The molecule has 1 aliphatic carbocycles. The average molecular weight is 569 g/mol.